The maximum absolute atomic E-state index is 11.5. The second-order valence-electron chi connectivity index (χ2n) is 6.10. The van der Waals surface area contributed by atoms with Crippen LogP contribution in [0.1, 0.15) is 10.4 Å². The molecule has 0 saturated carbocycles. The van der Waals surface area contributed by atoms with Crippen LogP contribution in [0.2, 0.25) is 10.0 Å². The van der Waals surface area contributed by atoms with Gasteiger partial charge in [-0.2, -0.15) is 0 Å². The first-order valence-electron chi connectivity index (χ1n) is 8.42. The molecule has 0 saturated heterocycles. The molecule has 1 amide bonds. The minimum Gasteiger partial charge on any atom is -0.488 e. The zero-order chi connectivity index (χ0) is 19.7. The van der Waals surface area contributed by atoms with Crippen LogP contribution in [0.4, 0.5) is 0 Å². The molecule has 8 heteroatoms. The van der Waals surface area contributed by atoms with Gasteiger partial charge in [-0.3, -0.25) is 9.20 Å². The highest BCUT2D eigenvalue weighted by atomic mass is 35.5. The van der Waals surface area contributed by atoms with Gasteiger partial charge in [-0.05, 0) is 24.3 Å². The van der Waals surface area contributed by atoms with Gasteiger partial charge in [0.1, 0.15) is 18.0 Å². The van der Waals surface area contributed by atoms with Crippen LogP contribution in [0.5, 0.6) is 5.75 Å². The van der Waals surface area contributed by atoms with Crippen molar-refractivity contribution in [1.29, 1.82) is 0 Å². The first-order valence-corrected chi connectivity index (χ1v) is 9.99. The number of hydrogen-bond donors (Lipinski definition) is 1. The van der Waals surface area contributed by atoms with E-state index >= 15 is 0 Å². The van der Waals surface area contributed by atoms with Gasteiger partial charge in [0.2, 0.25) is 5.91 Å². The van der Waals surface area contributed by atoms with Gasteiger partial charge >= 0.3 is 0 Å². The van der Waals surface area contributed by atoms with Crippen LogP contribution in [0.25, 0.3) is 16.2 Å². The molecule has 1 aromatic carbocycles. The van der Waals surface area contributed by atoms with Gasteiger partial charge in [0, 0.05) is 27.9 Å². The SMILES string of the molecule is NC(=O)Cc1sc(-c2cnc3ccccn23)cc1OCc1c(Cl)cccc1Cl. The summed E-state index contributed by atoms with van der Waals surface area (Å²) in [6.07, 6.45) is 3.83. The number of amides is 1. The van der Waals surface area contributed by atoms with Gasteiger partial charge in [-0.25, -0.2) is 4.98 Å². The molecule has 2 N–H and O–H groups in total. The molecule has 0 aliphatic rings. The zero-order valence-electron chi connectivity index (χ0n) is 14.6. The highest BCUT2D eigenvalue weighted by Crippen LogP contribution is 2.38. The van der Waals surface area contributed by atoms with Gasteiger partial charge in [-0.15, -0.1) is 11.3 Å². The van der Waals surface area contributed by atoms with Crippen LogP contribution < -0.4 is 10.5 Å². The van der Waals surface area contributed by atoms with Crippen LogP contribution in [0.15, 0.2) is 54.9 Å². The molecule has 0 spiro atoms. The molecule has 0 atom stereocenters. The molecule has 142 valence electrons. The number of aromatic nitrogens is 2. The molecule has 0 unspecified atom stereocenters. The van der Waals surface area contributed by atoms with E-state index in [9.17, 15) is 4.79 Å². The fourth-order valence-electron chi connectivity index (χ4n) is 2.88. The fourth-order valence-corrected chi connectivity index (χ4v) is 4.50. The van der Waals surface area contributed by atoms with Crippen LogP contribution >= 0.6 is 34.5 Å². The van der Waals surface area contributed by atoms with Crippen LogP contribution in [0, 0.1) is 0 Å². The first-order chi connectivity index (χ1) is 13.5. The predicted molar refractivity (Wildman–Crippen MR) is 112 cm³/mol. The van der Waals surface area contributed by atoms with Crippen molar-refractivity contribution in [3.63, 3.8) is 0 Å². The summed E-state index contributed by atoms with van der Waals surface area (Å²) >= 11 is 13.9. The normalized spacial score (nSPS) is 11.1. The van der Waals surface area contributed by atoms with E-state index in [-0.39, 0.29) is 13.0 Å². The van der Waals surface area contributed by atoms with Gasteiger partial charge in [-0.1, -0.05) is 35.3 Å². The lowest BCUT2D eigenvalue weighted by atomic mass is 10.2. The number of thiophene rings is 1. The Kier molecular flexibility index (Phi) is 5.26. The van der Waals surface area contributed by atoms with Crippen molar-refractivity contribution in [1.82, 2.24) is 9.38 Å². The van der Waals surface area contributed by atoms with Gasteiger partial charge in [0.15, 0.2) is 0 Å². The minimum atomic E-state index is -0.424. The van der Waals surface area contributed by atoms with E-state index in [0.717, 1.165) is 21.1 Å². The van der Waals surface area contributed by atoms with Crippen LogP contribution in [0.3, 0.4) is 0 Å². The fraction of sp³-hybridized carbons (Fsp3) is 0.100. The Morgan fingerprint density at radius 3 is 2.71 bits per heavy atom. The number of fused-ring (bicyclic) bond motifs is 1. The number of nitrogens with zero attached hydrogens (tertiary/aromatic N) is 2. The molecule has 0 fully saturated rings. The van der Waals surface area contributed by atoms with Crippen molar-refractivity contribution in [2.75, 3.05) is 0 Å². The number of primary amides is 1. The molecule has 0 radical (unpaired) electrons. The lowest BCUT2D eigenvalue weighted by Crippen LogP contribution is -2.13. The predicted octanol–water partition coefficient (Wildman–Crippen LogP) is 4.98. The quantitative estimate of drug-likeness (QED) is 0.468. The largest absolute Gasteiger partial charge is 0.488 e. The van der Waals surface area contributed by atoms with Crippen molar-refractivity contribution in [3.8, 4) is 16.3 Å². The van der Waals surface area contributed by atoms with E-state index < -0.39 is 5.91 Å². The highest BCUT2D eigenvalue weighted by Gasteiger charge is 2.17. The number of imidazole rings is 1. The number of carbonyl (C=O) groups excluding carboxylic acids is 1. The molecule has 4 aromatic rings. The van der Waals surface area contributed by atoms with E-state index in [1.54, 1.807) is 24.4 Å². The number of hydrogen-bond acceptors (Lipinski definition) is 4. The van der Waals surface area contributed by atoms with Crippen molar-refractivity contribution in [2.24, 2.45) is 5.73 Å². The molecule has 0 aliphatic carbocycles. The molecule has 28 heavy (non-hydrogen) atoms. The maximum Gasteiger partial charge on any atom is 0.222 e. The van der Waals surface area contributed by atoms with Gasteiger partial charge < -0.3 is 10.5 Å². The number of ether oxygens (including phenoxy) is 1. The lowest BCUT2D eigenvalue weighted by Gasteiger charge is -2.09. The number of halogens is 2. The van der Waals surface area contributed by atoms with Crippen molar-refractivity contribution in [2.45, 2.75) is 13.0 Å². The smallest absolute Gasteiger partial charge is 0.222 e. The Morgan fingerprint density at radius 1 is 1.18 bits per heavy atom. The van der Waals surface area contributed by atoms with Crippen molar-refractivity contribution < 1.29 is 9.53 Å². The molecule has 3 heterocycles. The van der Waals surface area contributed by atoms with E-state index in [1.165, 1.54) is 11.3 Å². The van der Waals surface area contributed by atoms with E-state index in [0.29, 0.717) is 21.4 Å². The molecule has 5 nitrogen and oxygen atoms in total. The number of benzene rings is 1. The van der Waals surface area contributed by atoms with E-state index in [1.807, 2.05) is 34.9 Å². The summed E-state index contributed by atoms with van der Waals surface area (Å²) in [7, 11) is 0. The molecular weight excluding hydrogens is 417 g/mol. The van der Waals surface area contributed by atoms with E-state index in [4.69, 9.17) is 33.7 Å². The summed E-state index contributed by atoms with van der Waals surface area (Å²) < 4.78 is 7.96. The zero-order valence-corrected chi connectivity index (χ0v) is 16.9. The number of rotatable bonds is 6. The number of nitrogens with two attached hydrogens (primary N) is 1. The Balaban J connectivity index is 1.69. The maximum atomic E-state index is 11.5. The third-order valence-electron chi connectivity index (χ3n) is 4.21. The Labute approximate surface area is 175 Å². The summed E-state index contributed by atoms with van der Waals surface area (Å²) in [4.78, 5) is 17.6. The van der Waals surface area contributed by atoms with Crippen LogP contribution in [-0.4, -0.2) is 15.3 Å². The summed E-state index contributed by atoms with van der Waals surface area (Å²) in [6.45, 7) is 0.188. The highest BCUT2D eigenvalue weighted by molar-refractivity contribution is 7.15. The molecule has 0 aliphatic heterocycles. The van der Waals surface area contributed by atoms with Crippen LogP contribution in [-0.2, 0) is 17.8 Å². The minimum absolute atomic E-state index is 0.0903. The first kappa shape index (κ1) is 18.8. The molecule has 0 bridgehead atoms. The van der Waals surface area contributed by atoms with Crippen molar-refractivity contribution >= 4 is 46.1 Å². The summed E-state index contributed by atoms with van der Waals surface area (Å²) in [5.74, 6) is 0.160. The van der Waals surface area contributed by atoms with Crippen molar-refractivity contribution in [3.05, 3.63) is 75.3 Å². The second kappa shape index (κ2) is 7.83. The number of carbonyl (C=O) groups is 1. The summed E-state index contributed by atoms with van der Waals surface area (Å²) in [5.41, 5.74) is 7.87. The van der Waals surface area contributed by atoms with Gasteiger partial charge in [0.05, 0.1) is 28.1 Å². The Bertz CT molecular complexity index is 1150. The molecule has 3 aromatic heterocycles. The van der Waals surface area contributed by atoms with Gasteiger partial charge in [0.25, 0.3) is 0 Å². The average Bonchev–Trinajstić information content (AvgIpc) is 3.25. The monoisotopic (exact) mass is 431 g/mol. The Hall–Kier alpha value is -2.54. The summed E-state index contributed by atoms with van der Waals surface area (Å²) in [6, 6.07) is 13.0. The third-order valence-corrected chi connectivity index (χ3v) is 6.06. The lowest BCUT2D eigenvalue weighted by molar-refractivity contribution is -0.117. The molecular formula is C20H15Cl2N3O2S. The number of pyridine rings is 1. The average molecular weight is 432 g/mol. The summed E-state index contributed by atoms with van der Waals surface area (Å²) in [5, 5.41) is 1.06. The Morgan fingerprint density at radius 2 is 1.96 bits per heavy atom. The van der Waals surface area contributed by atoms with E-state index in [2.05, 4.69) is 4.98 Å². The topological polar surface area (TPSA) is 69.6 Å². The third kappa shape index (κ3) is 3.71. The second-order valence-corrected chi connectivity index (χ2v) is 8.05. The standard InChI is InChI=1S/C20H15Cl2N3O2S/c21-13-4-3-5-14(22)12(13)11-27-16-8-17(28-18(16)9-19(23)26)15-10-24-20-6-1-2-7-25(15)20/h1-8,10H,9,11H2,(H2,23,26). The molecule has 4 rings (SSSR count).